The lowest BCUT2D eigenvalue weighted by Crippen LogP contribution is -2.35. The van der Waals surface area contributed by atoms with Crippen LogP contribution in [0.4, 0.5) is 10.1 Å². The van der Waals surface area contributed by atoms with Gasteiger partial charge in [-0.1, -0.05) is 6.07 Å². The van der Waals surface area contributed by atoms with Crippen molar-refractivity contribution in [2.45, 2.75) is 33.0 Å². The van der Waals surface area contributed by atoms with Crippen LogP contribution in [-0.4, -0.2) is 31.2 Å². The first kappa shape index (κ1) is 20.2. The summed E-state index contributed by atoms with van der Waals surface area (Å²) in [5, 5.41) is 2.68. The predicted molar refractivity (Wildman–Crippen MR) is 98.4 cm³/mol. The van der Waals surface area contributed by atoms with Crippen LogP contribution >= 0.6 is 0 Å². The van der Waals surface area contributed by atoms with E-state index < -0.39 is 29.9 Å². The molecule has 0 radical (unpaired) electrons. The van der Waals surface area contributed by atoms with E-state index in [1.165, 1.54) is 45.2 Å². The van der Waals surface area contributed by atoms with Crippen LogP contribution in [-0.2, 0) is 14.3 Å². The van der Waals surface area contributed by atoms with Crippen molar-refractivity contribution in [1.29, 1.82) is 0 Å². The number of amides is 1. The van der Waals surface area contributed by atoms with Crippen molar-refractivity contribution < 1.29 is 28.2 Å². The molecule has 1 N–H and O–H groups in total. The third-order valence-electron chi connectivity index (χ3n) is 3.73. The Morgan fingerprint density at radius 1 is 1.04 bits per heavy atom. The molecule has 2 aromatic carbocycles. The maximum atomic E-state index is 12.9. The summed E-state index contributed by atoms with van der Waals surface area (Å²) in [6.07, 6.45) is -2.00. The first-order valence-corrected chi connectivity index (χ1v) is 8.38. The Balaban J connectivity index is 1.94. The van der Waals surface area contributed by atoms with E-state index in [0.717, 1.165) is 5.56 Å². The lowest BCUT2D eigenvalue weighted by atomic mass is 10.2. The maximum Gasteiger partial charge on any atom is 0.347 e. The average Bonchev–Trinajstić information content (AvgIpc) is 2.63. The van der Waals surface area contributed by atoms with Gasteiger partial charge in [0.2, 0.25) is 0 Å². The summed E-state index contributed by atoms with van der Waals surface area (Å²) in [6, 6.07) is 10.6. The summed E-state index contributed by atoms with van der Waals surface area (Å²) in [4.78, 5) is 24.5. The maximum absolute atomic E-state index is 12.9. The highest BCUT2D eigenvalue weighted by Crippen LogP contribution is 2.25. The second-order valence-corrected chi connectivity index (χ2v) is 5.99. The highest BCUT2D eigenvalue weighted by Gasteiger charge is 2.24. The zero-order valence-corrected chi connectivity index (χ0v) is 15.6. The SMILES string of the molecule is COc1ccc(C)cc1NC(=O)[C@H](C)OC(=O)[C@H](C)Oc1ccc(F)cc1. The minimum atomic E-state index is -1.04. The van der Waals surface area contributed by atoms with Crippen molar-refractivity contribution in [2.75, 3.05) is 12.4 Å². The molecule has 0 aromatic heterocycles. The molecule has 0 heterocycles. The molecule has 0 unspecified atom stereocenters. The predicted octanol–water partition coefficient (Wildman–Crippen LogP) is 3.48. The normalized spacial score (nSPS) is 12.6. The Morgan fingerprint density at radius 3 is 2.33 bits per heavy atom. The molecule has 144 valence electrons. The molecule has 2 rings (SSSR count). The lowest BCUT2D eigenvalue weighted by molar-refractivity contribution is -0.159. The van der Waals surface area contributed by atoms with Crippen LogP contribution in [0.1, 0.15) is 19.4 Å². The Morgan fingerprint density at radius 2 is 1.70 bits per heavy atom. The van der Waals surface area contributed by atoms with E-state index in [4.69, 9.17) is 14.2 Å². The van der Waals surface area contributed by atoms with Gasteiger partial charge in [0.25, 0.3) is 5.91 Å². The van der Waals surface area contributed by atoms with E-state index in [0.29, 0.717) is 17.2 Å². The monoisotopic (exact) mass is 375 g/mol. The Kier molecular flexibility index (Phi) is 6.76. The third-order valence-corrected chi connectivity index (χ3v) is 3.73. The van der Waals surface area contributed by atoms with Crippen LogP contribution < -0.4 is 14.8 Å². The molecule has 6 nitrogen and oxygen atoms in total. The number of halogens is 1. The number of ether oxygens (including phenoxy) is 3. The van der Waals surface area contributed by atoms with Crippen LogP contribution in [0.25, 0.3) is 0 Å². The molecule has 1 amide bonds. The largest absolute Gasteiger partial charge is 0.495 e. The van der Waals surface area contributed by atoms with Crippen LogP contribution in [0.3, 0.4) is 0 Å². The van der Waals surface area contributed by atoms with Gasteiger partial charge in [0.05, 0.1) is 12.8 Å². The summed E-state index contributed by atoms with van der Waals surface area (Å²) in [7, 11) is 1.50. The minimum Gasteiger partial charge on any atom is -0.495 e. The van der Waals surface area contributed by atoms with Crippen LogP contribution in [0.15, 0.2) is 42.5 Å². The van der Waals surface area contributed by atoms with Crippen molar-refractivity contribution in [3.63, 3.8) is 0 Å². The van der Waals surface area contributed by atoms with Gasteiger partial charge in [-0.25, -0.2) is 9.18 Å². The second-order valence-electron chi connectivity index (χ2n) is 5.99. The molecule has 0 saturated carbocycles. The molecule has 0 bridgehead atoms. The van der Waals surface area contributed by atoms with Gasteiger partial charge in [-0.3, -0.25) is 4.79 Å². The summed E-state index contributed by atoms with van der Waals surface area (Å²) < 4.78 is 28.7. The van der Waals surface area contributed by atoms with Gasteiger partial charge < -0.3 is 19.5 Å². The first-order chi connectivity index (χ1) is 12.8. The quantitative estimate of drug-likeness (QED) is 0.750. The molecule has 0 aliphatic heterocycles. The van der Waals surface area contributed by atoms with E-state index in [-0.39, 0.29) is 0 Å². The smallest absolute Gasteiger partial charge is 0.347 e. The fourth-order valence-electron chi connectivity index (χ4n) is 2.24. The van der Waals surface area contributed by atoms with Crippen molar-refractivity contribution in [3.05, 3.63) is 53.8 Å². The minimum absolute atomic E-state index is 0.322. The summed E-state index contributed by atoms with van der Waals surface area (Å²) in [6.45, 7) is 4.83. The number of hydrogen-bond donors (Lipinski definition) is 1. The van der Waals surface area contributed by atoms with E-state index in [2.05, 4.69) is 5.32 Å². The molecule has 2 aromatic rings. The van der Waals surface area contributed by atoms with E-state index in [1.807, 2.05) is 13.0 Å². The standard InChI is InChI=1S/C20H22FNO5/c1-12-5-10-18(25-4)17(11-12)22-19(23)13(2)27-20(24)14(3)26-16-8-6-15(21)7-9-16/h5-11,13-14H,1-4H3,(H,22,23)/t13-,14-/m0/s1. The summed E-state index contributed by atoms with van der Waals surface area (Å²) >= 11 is 0. The van der Waals surface area contributed by atoms with Crippen molar-refractivity contribution >= 4 is 17.6 Å². The number of carbonyl (C=O) groups is 2. The number of methoxy groups -OCH3 is 1. The zero-order chi connectivity index (χ0) is 20.0. The van der Waals surface area contributed by atoms with Gasteiger partial charge in [-0.15, -0.1) is 0 Å². The van der Waals surface area contributed by atoms with Gasteiger partial charge in [0, 0.05) is 0 Å². The molecular formula is C20H22FNO5. The Labute approximate surface area is 157 Å². The van der Waals surface area contributed by atoms with E-state index in [1.54, 1.807) is 12.1 Å². The van der Waals surface area contributed by atoms with Crippen molar-refractivity contribution in [3.8, 4) is 11.5 Å². The number of nitrogens with one attached hydrogen (secondary N) is 1. The molecule has 0 aliphatic carbocycles. The van der Waals surface area contributed by atoms with Gasteiger partial charge in [0.1, 0.15) is 17.3 Å². The molecule has 0 spiro atoms. The Bertz CT molecular complexity index is 807. The number of esters is 1. The van der Waals surface area contributed by atoms with Gasteiger partial charge >= 0.3 is 5.97 Å². The number of benzene rings is 2. The highest BCUT2D eigenvalue weighted by atomic mass is 19.1. The molecule has 0 aliphatic rings. The fourth-order valence-corrected chi connectivity index (χ4v) is 2.24. The van der Waals surface area contributed by atoms with Gasteiger partial charge in [-0.2, -0.15) is 0 Å². The molecule has 27 heavy (non-hydrogen) atoms. The lowest BCUT2D eigenvalue weighted by Gasteiger charge is -2.18. The molecule has 7 heteroatoms. The van der Waals surface area contributed by atoms with Crippen molar-refractivity contribution in [2.24, 2.45) is 0 Å². The number of anilines is 1. The molecule has 0 fully saturated rings. The van der Waals surface area contributed by atoms with Crippen LogP contribution in [0.5, 0.6) is 11.5 Å². The van der Waals surface area contributed by atoms with Crippen LogP contribution in [0.2, 0.25) is 0 Å². The molecular weight excluding hydrogens is 353 g/mol. The number of hydrogen-bond acceptors (Lipinski definition) is 5. The second kappa shape index (κ2) is 9.02. The Hall–Kier alpha value is -3.09. The van der Waals surface area contributed by atoms with Crippen LogP contribution in [0, 0.1) is 12.7 Å². The summed E-state index contributed by atoms with van der Waals surface area (Å²) in [5.74, 6) is -0.795. The highest BCUT2D eigenvalue weighted by molar-refractivity contribution is 5.96. The van der Waals surface area contributed by atoms with Crippen molar-refractivity contribution in [1.82, 2.24) is 0 Å². The van der Waals surface area contributed by atoms with E-state index >= 15 is 0 Å². The summed E-state index contributed by atoms with van der Waals surface area (Å²) in [5.41, 5.74) is 1.43. The van der Waals surface area contributed by atoms with Gasteiger partial charge in [-0.05, 0) is 62.7 Å². The topological polar surface area (TPSA) is 73.9 Å². The number of rotatable bonds is 7. The van der Waals surface area contributed by atoms with E-state index in [9.17, 15) is 14.0 Å². The molecule has 0 saturated heterocycles. The number of aryl methyl sites for hydroxylation is 1. The number of carbonyl (C=O) groups excluding carboxylic acids is 2. The third kappa shape index (κ3) is 5.70. The first-order valence-electron chi connectivity index (χ1n) is 8.38. The average molecular weight is 375 g/mol. The fraction of sp³-hybridized carbons (Fsp3) is 0.300. The molecule has 2 atom stereocenters. The zero-order valence-electron chi connectivity index (χ0n) is 15.6. The van der Waals surface area contributed by atoms with Gasteiger partial charge in [0.15, 0.2) is 12.2 Å².